The smallest absolute Gasteiger partial charge is 0.404 e. The number of anilines is 1. The van der Waals surface area contributed by atoms with Crippen molar-refractivity contribution in [1.82, 2.24) is 15.2 Å². The van der Waals surface area contributed by atoms with E-state index in [1.165, 1.54) is 17.1 Å². The molecular weight excluding hydrogens is 504 g/mol. The highest BCUT2D eigenvalue weighted by atomic mass is 32.2. The molecule has 2 aliphatic rings. The number of aliphatic carboxylic acids is 1. The molecule has 2 atom stereocenters. The molecule has 1 saturated heterocycles. The monoisotopic (exact) mass is 526 g/mol. The Labute approximate surface area is 206 Å². The average Bonchev–Trinajstić information content (AvgIpc) is 3.26. The van der Waals surface area contributed by atoms with E-state index in [0.717, 1.165) is 16.2 Å². The molecule has 0 saturated carbocycles. The second-order valence-electron chi connectivity index (χ2n) is 7.66. The number of fused-ring (bicyclic) bond motifs is 1. The van der Waals surface area contributed by atoms with E-state index in [-0.39, 0.29) is 52.7 Å². The van der Waals surface area contributed by atoms with E-state index in [1.807, 2.05) is 13.8 Å². The fourth-order valence-electron chi connectivity index (χ4n) is 3.12. The van der Waals surface area contributed by atoms with Crippen LogP contribution in [0, 0.1) is 5.92 Å². The molecule has 35 heavy (non-hydrogen) atoms. The molecule has 1 aromatic rings. The molecule has 2 aliphatic heterocycles. The quantitative estimate of drug-likeness (QED) is 0.131. The minimum absolute atomic E-state index is 0.123. The van der Waals surface area contributed by atoms with Crippen LogP contribution in [0.5, 0.6) is 0 Å². The van der Waals surface area contributed by atoms with Gasteiger partial charge in [0, 0.05) is 16.7 Å². The largest absolute Gasteiger partial charge is 0.477 e. The van der Waals surface area contributed by atoms with Crippen molar-refractivity contribution in [3.63, 3.8) is 0 Å². The highest BCUT2D eigenvalue weighted by Crippen LogP contribution is 2.40. The van der Waals surface area contributed by atoms with Gasteiger partial charge in [-0.3, -0.25) is 19.3 Å². The number of aromatic nitrogens is 1. The molecule has 0 spiro atoms. The first-order chi connectivity index (χ1) is 16.6. The summed E-state index contributed by atoms with van der Waals surface area (Å²) in [5, 5.41) is 19.5. The summed E-state index contributed by atoms with van der Waals surface area (Å²) in [6, 6.07) is -1.04. The number of ether oxygens (including phenoxy) is 1. The Hall–Kier alpha value is -3.66. The maximum Gasteiger partial charge on any atom is 0.404 e. The van der Waals surface area contributed by atoms with Crippen LogP contribution in [0.2, 0.25) is 0 Å². The van der Waals surface area contributed by atoms with E-state index < -0.39 is 35.3 Å². The van der Waals surface area contributed by atoms with Crippen LogP contribution < -0.4 is 16.4 Å². The topological polar surface area (TPSA) is 203 Å². The first kappa shape index (κ1) is 26.0. The molecule has 5 N–H and O–H groups in total. The third-order valence-electron chi connectivity index (χ3n) is 4.63. The standard InChI is InChI=1S/C19H22N6O8S2/c1-8(2)3-33-24-11(10-6-35-19(22-10)21-7-26)14(27)23-12-15(28)25-13(17(29)30)9(4-32-18(20)31)5-34-16(12)25/h6-8,12,16H,3-5H2,1-2H3,(H2,20,31)(H,23,27)(H,29,30)(H,21,22,26)/t12?,16-/m1/s1. The summed E-state index contributed by atoms with van der Waals surface area (Å²) in [6.07, 6.45) is -0.637. The lowest BCUT2D eigenvalue weighted by Crippen LogP contribution is -2.71. The number of carboxylic acids is 1. The van der Waals surface area contributed by atoms with Gasteiger partial charge in [0.05, 0.1) is 0 Å². The fraction of sp³-hybridized carbons (Fsp3) is 0.421. The van der Waals surface area contributed by atoms with E-state index in [1.54, 1.807) is 0 Å². The van der Waals surface area contributed by atoms with Crippen LogP contribution in [-0.4, -0.2) is 81.4 Å². The van der Waals surface area contributed by atoms with Crippen molar-refractivity contribution < 1.29 is 38.7 Å². The maximum absolute atomic E-state index is 13.0. The summed E-state index contributed by atoms with van der Waals surface area (Å²) in [7, 11) is 0. The van der Waals surface area contributed by atoms with E-state index in [2.05, 4.69) is 25.5 Å². The zero-order valence-electron chi connectivity index (χ0n) is 18.5. The minimum atomic E-state index is -1.38. The summed E-state index contributed by atoms with van der Waals surface area (Å²) in [5.74, 6) is -2.53. The first-order valence-electron chi connectivity index (χ1n) is 10.1. The molecule has 0 aromatic carbocycles. The Morgan fingerprint density at radius 1 is 1.43 bits per heavy atom. The number of hydrogen-bond donors (Lipinski definition) is 4. The normalized spacial score (nSPS) is 19.6. The number of oxime groups is 1. The zero-order valence-corrected chi connectivity index (χ0v) is 20.2. The van der Waals surface area contributed by atoms with Gasteiger partial charge in [-0.1, -0.05) is 19.0 Å². The van der Waals surface area contributed by atoms with Gasteiger partial charge in [0.25, 0.3) is 11.8 Å². The Morgan fingerprint density at radius 3 is 2.80 bits per heavy atom. The number of primary amides is 1. The SMILES string of the molecule is CC(C)CON=C(C(=O)NC1C(=O)N2C(C(=O)O)=C(COC(N)=O)CS[C@H]12)c1csc(NC=O)n1. The molecular formula is C19H22N6O8S2. The second-order valence-corrected chi connectivity index (χ2v) is 9.62. The minimum Gasteiger partial charge on any atom is -0.477 e. The molecule has 16 heteroatoms. The number of amides is 4. The number of thioether (sulfide) groups is 1. The lowest BCUT2D eigenvalue weighted by molar-refractivity contribution is -0.150. The van der Waals surface area contributed by atoms with Crippen LogP contribution in [0.25, 0.3) is 0 Å². The predicted octanol–water partition coefficient (Wildman–Crippen LogP) is -0.0780. The van der Waals surface area contributed by atoms with Crippen molar-refractivity contribution in [2.45, 2.75) is 25.3 Å². The van der Waals surface area contributed by atoms with E-state index in [4.69, 9.17) is 10.6 Å². The molecule has 1 fully saturated rings. The fourth-order valence-corrected chi connectivity index (χ4v) is 5.10. The van der Waals surface area contributed by atoms with Crippen molar-refractivity contribution in [2.24, 2.45) is 16.8 Å². The van der Waals surface area contributed by atoms with Crippen molar-refractivity contribution in [3.8, 4) is 0 Å². The lowest BCUT2D eigenvalue weighted by Gasteiger charge is -2.49. The van der Waals surface area contributed by atoms with Gasteiger partial charge in [-0.25, -0.2) is 14.6 Å². The van der Waals surface area contributed by atoms with Crippen LogP contribution in [-0.2, 0) is 28.8 Å². The van der Waals surface area contributed by atoms with Crippen LogP contribution >= 0.6 is 23.1 Å². The number of nitrogens with one attached hydrogen (secondary N) is 2. The Bertz CT molecular complexity index is 1100. The summed E-state index contributed by atoms with van der Waals surface area (Å²) < 4.78 is 4.68. The third-order valence-corrected chi connectivity index (χ3v) is 6.75. The molecule has 4 amide bonds. The highest BCUT2D eigenvalue weighted by Gasteiger charge is 2.54. The van der Waals surface area contributed by atoms with Gasteiger partial charge in [0.15, 0.2) is 10.8 Å². The van der Waals surface area contributed by atoms with Crippen molar-refractivity contribution in [1.29, 1.82) is 0 Å². The van der Waals surface area contributed by atoms with Crippen LogP contribution in [0.3, 0.4) is 0 Å². The summed E-state index contributed by atoms with van der Waals surface area (Å²) in [5.41, 5.74) is 4.75. The number of carboxylic acid groups (broad SMARTS) is 1. The van der Waals surface area contributed by atoms with Crippen molar-refractivity contribution in [3.05, 3.63) is 22.3 Å². The Balaban J connectivity index is 1.78. The number of rotatable bonds is 11. The van der Waals surface area contributed by atoms with Gasteiger partial charge >= 0.3 is 12.1 Å². The van der Waals surface area contributed by atoms with Gasteiger partial charge in [0.2, 0.25) is 6.41 Å². The lowest BCUT2D eigenvalue weighted by atomic mass is 10.0. The molecule has 188 valence electrons. The summed E-state index contributed by atoms with van der Waals surface area (Å²) in [6.45, 7) is 3.63. The molecule has 0 aliphatic carbocycles. The van der Waals surface area contributed by atoms with Crippen LogP contribution in [0.4, 0.5) is 9.93 Å². The number of β-lactam (4-membered cyclic amide) rings is 1. The molecule has 3 rings (SSSR count). The van der Waals surface area contributed by atoms with Crippen LogP contribution in [0.1, 0.15) is 19.5 Å². The number of thiazole rings is 1. The van der Waals surface area contributed by atoms with Gasteiger partial charge < -0.3 is 31.0 Å². The molecule has 14 nitrogen and oxygen atoms in total. The van der Waals surface area contributed by atoms with E-state index in [9.17, 15) is 29.1 Å². The Morgan fingerprint density at radius 2 is 2.17 bits per heavy atom. The van der Waals surface area contributed by atoms with E-state index in [0.29, 0.717) is 6.41 Å². The Kier molecular flexibility index (Phi) is 8.29. The summed E-state index contributed by atoms with van der Waals surface area (Å²) >= 11 is 2.25. The molecule has 0 radical (unpaired) electrons. The van der Waals surface area contributed by atoms with Crippen molar-refractivity contribution in [2.75, 3.05) is 24.3 Å². The van der Waals surface area contributed by atoms with Crippen molar-refractivity contribution >= 4 is 64.2 Å². The average molecular weight is 527 g/mol. The number of nitrogens with zero attached hydrogens (tertiary/aromatic N) is 3. The molecule has 0 bridgehead atoms. The molecule has 1 aromatic heterocycles. The number of carbonyl (C=O) groups is 5. The van der Waals surface area contributed by atoms with E-state index >= 15 is 0 Å². The number of nitrogens with two attached hydrogens (primary N) is 1. The maximum atomic E-state index is 13.0. The number of hydrogen-bond acceptors (Lipinski definition) is 11. The molecule has 3 heterocycles. The molecule has 1 unspecified atom stereocenters. The predicted molar refractivity (Wildman–Crippen MR) is 124 cm³/mol. The van der Waals surface area contributed by atoms with Gasteiger partial charge in [-0.2, -0.15) is 0 Å². The van der Waals surface area contributed by atoms with Gasteiger partial charge in [-0.05, 0) is 5.92 Å². The zero-order chi connectivity index (χ0) is 25.7. The summed E-state index contributed by atoms with van der Waals surface area (Å²) in [4.78, 5) is 69.6. The highest BCUT2D eigenvalue weighted by molar-refractivity contribution is 8.00. The number of carbonyl (C=O) groups excluding carboxylic acids is 4. The first-order valence-corrected chi connectivity index (χ1v) is 12.1. The second kappa shape index (κ2) is 11.2. The van der Waals surface area contributed by atoms with Gasteiger partial charge in [-0.15, -0.1) is 23.1 Å². The van der Waals surface area contributed by atoms with Gasteiger partial charge in [0.1, 0.15) is 36.0 Å². The third kappa shape index (κ3) is 5.89. The van der Waals surface area contributed by atoms with Crippen LogP contribution in [0.15, 0.2) is 21.8 Å².